The molecule has 1 aromatic carbocycles. The standard InChI is InChI=1S/C16H14F2N4O.C6H8N2.C5H8O/c1-16(12-4-9(21-8-23)2-3-13(12)17)5-10-11(15(19)22-16)6-20-7-14(10)18;1-6-2-3-7-4-5-8-6;1-3-4-5-6-2/h2-4,6-8H,5H2,1H3,(H2,19,22)(H,21,23);3-5H,2H2,1H3;5H2,1-2H3. The van der Waals surface area contributed by atoms with Gasteiger partial charge in [0.15, 0.2) is 0 Å². The SMILES string of the molecule is CC#CCOC.CC1(c2cc(NC=O)ccc2F)Cc2c(F)cncc2C(N)=N1.CC1=NC=CN=CC1. The van der Waals surface area contributed by atoms with Gasteiger partial charge in [-0.25, -0.2) is 8.78 Å². The number of halogens is 2. The molecule has 0 spiro atoms. The maximum atomic E-state index is 14.3. The van der Waals surface area contributed by atoms with Crippen molar-refractivity contribution in [2.45, 2.75) is 39.2 Å². The van der Waals surface area contributed by atoms with Crippen molar-refractivity contribution >= 4 is 29.9 Å². The lowest BCUT2D eigenvalue weighted by molar-refractivity contribution is -0.105. The molecule has 1 unspecified atom stereocenters. The Kier molecular flexibility index (Phi) is 11.3. The van der Waals surface area contributed by atoms with Gasteiger partial charge in [0.1, 0.15) is 24.1 Å². The van der Waals surface area contributed by atoms with Crippen molar-refractivity contribution < 1.29 is 18.3 Å². The normalized spacial score (nSPS) is 17.1. The van der Waals surface area contributed by atoms with Crippen LogP contribution in [-0.2, 0) is 21.5 Å². The average molecular weight is 509 g/mol. The maximum absolute atomic E-state index is 14.3. The Hall–Kier alpha value is -4.23. The van der Waals surface area contributed by atoms with E-state index in [4.69, 9.17) is 5.73 Å². The Bertz CT molecular complexity index is 1280. The van der Waals surface area contributed by atoms with Crippen molar-refractivity contribution in [1.82, 2.24) is 4.98 Å². The van der Waals surface area contributed by atoms with Gasteiger partial charge < -0.3 is 15.8 Å². The molecule has 4 rings (SSSR count). The van der Waals surface area contributed by atoms with Crippen LogP contribution in [0.3, 0.4) is 0 Å². The van der Waals surface area contributed by atoms with E-state index >= 15 is 0 Å². The van der Waals surface area contributed by atoms with E-state index in [2.05, 4.69) is 41.9 Å². The molecule has 0 radical (unpaired) electrons. The summed E-state index contributed by atoms with van der Waals surface area (Å²) in [4.78, 5) is 26.6. The van der Waals surface area contributed by atoms with Crippen molar-refractivity contribution in [2.24, 2.45) is 20.7 Å². The zero-order valence-corrected chi connectivity index (χ0v) is 21.3. The summed E-state index contributed by atoms with van der Waals surface area (Å²) in [6, 6.07) is 4.14. The van der Waals surface area contributed by atoms with Crippen LogP contribution in [0.1, 0.15) is 43.9 Å². The summed E-state index contributed by atoms with van der Waals surface area (Å²) < 4.78 is 33.0. The number of amides is 1. The largest absolute Gasteiger partial charge is 0.383 e. The lowest BCUT2D eigenvalue weighted by Crippen LogP contribution is -2.35. The van der Waals surface area contributed by atoms with Crippen LogP contribution in [0.5, 0.6) is 0 Å². The van der Waals surface area contributed by atoms with Gasteiger partial charge in [-0.2, -0.15) is 0 Å². The quantitative estimate of drug-likeness (QED) is 0.477. The summed E-state index contributed by atoms with van der Waals surface area (Å²) in [7, 11) is 1.63. The molecule has 2 aliphatic rings. The van der Waals surface area contributed by atoms with Gasteiger partial charge in [-0.05, 0) is 39.0 Å². The van der Waals surface area contributed by atoms with Crippen molar-refractivity contribution in [3.8, 4) is 11.8 Å². The number of carbonyl (C=O) groups excluding carboxylic acids is 1. The van der Waals surface area contributed by atoms with Gasteiger partial charge in [-0.1, -0.05) is 5.92 Å². The fourth-order valence-corrected chi connectivity index (χ4v) is 3.47. The fourth-order valence-electron chi connectivity index (χ4n) is 3.47. The molecule has 0 aliphatic carbocycles. The molecule has 2 aliphatic heterocycles. The Morgan fingerprint density at radius 3 is 2.70 bits per heavy atom. The van der Waals surface area contributed by atoms with E-state index in [9.17, 15) is 13.6 Å². The minimum atomic E-state index is -1.08. The number of ether oxygens (including phenoxy) is 1. The molecular weight excluding hydrogens is 478 g/mol. The number of aromatic nitrogens is 1. The van der Waals surface area contributed by atoms with Crippen molar-refractivity contribution in [2.75, 3.05) is 19.0 Å². The first-order valence-corrected chi connectivity index (χ1v) is 11.3. The predicted octanol–water partition coefficient (Wildman–Crippen LogP) is 4.15. The predicted molar refractivity (Wildman–Crippen MR) is 143 cm³/mol. The second-order valence-corrected chi connectivity index (χ2v) is 8.11. The van der Waals surface area contributed by atoms with Crippen LogP contribution < -0.4 is 11.1 Å². The fraction of sp³-hybridized carbons (Fsp3) is 0.296. The average Bonchev–Trinajstić information content (AvgIpc) is 3.13. The van der Waals surface area contributed by atoms with E-state index in [1.807, 2.05) is 13.1 Å². The molecule has 3 N–H and O–H groups in total. The molecule has 37 heavy (non-hydrogen) atoms. The van der Waals surface area contributed by atoms with Crippen molar-refractivity contribution in [1.29, 1.82) is 0 Å². The number of fused-ring (bicyclic) bond motifs is 1. The maximum Gasteiger partial charge on any atom is 0.211 e. The number of pyridine rings is 1. The Labute approximate surface area is 215 Å². The molecular formula is C27H30F2N6O2. The van der Waals surface area contributed by atoms with Gasteiger partial charge in [0, 0.05) is 72.9 Å². The second kappa shape index (κ2) is 14.4. The number of nitrogens with two attached hydrogens (primary N) is 1. The molecule has 0 fully saturated rings. The lowest BCUT2D eigenvalue weighted by atomic mass is 9.82. The van der Waals surface area contributed by atoms with Gasteiger partial charge in [0.2, 0.25) is 6.41 Å². The van der Waals surface area contributed by atoms with Crippen LogP contribution in [-0.4, -0.2) is 42.9 Å². The minimum Gasteiger partial charge on any atom is -0.383 e. The second-order valence-electron chi connectivity index (χ2n) is 8.11. The summed E-state index contributed by atoms with van der Waals surface area (Å²) in [5, 5.41) is 2.46. The Morgan fingerprint density at radius 1 is 1.24 bits per heavy atom. The van der Waals surface area contributed by atoms with Crippen LogP contribution in [0.15, 0.2) is 58.0 Å². The number of carbonyl (C=O) groups is 1. The number of aliphatic imine (C=N–C) groups is 3. The molecule has 194 valence electrons. The highest BCUT2D eigenvalue weighted by Crippen LogP contribution is 2.37. The summed E-state index contributed by atoms with van der Waals surface area (Å²) in [6.07, 6.45) is 9.30. The first-order valence-electron chi connectivity index (χ1n) is 11.3. The van der Waals surface area contributed by atoms with Crippen LogP contribution in [0.2, 0.25) is 0 Å². The van der Waals surface area contributed by atoms with E-state index in [1.165, 1.54) is 24.4 Å². The highest BCUT2D eigenvalue weighted by Gasteiger charge is 2.36. The van der Waals surface area contributed by atoms with Gasteiger partial charge in [0.05, 0.1) is 11.7 Å². The smallest absolute Gasteiger partial charge is 0.211 e. The minimum absolute atomic E-state index is 0.105. The highest BCUT2D eigenvalue weighted by molar-refractivity contribution is 6.00. The molecule has 0 saturated carbocycles. The summed E-state index contributed by atoms with van der Waals surface area (Å²) in [5.41, 5.74) is 7.38. The number of hydrogen-bond donors (Lipinski definition) is 2. The number of hydrogen-bond acceptors (Lipinski definition) is 7. The van der Waals surface area contributed by atoms with E-state index in [0.717, 1.165) is 18.3 Å². The third-order valence-corrected chi connectivity index (χ3v) is 5.27. The molecule has 10 heteroatoms. The van der Waals surface area contributed by atoms with Crippen LogP contribution in [0, 0.1) is 23.5 Å². The van der Waals surface area contributed by atoms with Crippen molar-refractivity contribution in [3.63, 3.8) is 0 Å². The number of nitrogens with one attached hydrogen (secondary N) is 1. The first kappa shape index (κ1) is 29.0. The molecule has 0 bridgehead atoms. The number of amidine groups is 1. The van der Waals surface area contributed by atoms with Crippen molar-refractivity contribution in [3.05, 3.63) is 71.3 Å². The zero-order chi connectivity index (χ0) is 27.3. The Morgan fingerprint density at radius 2 is 2.03 bits per heavy atom. The van der Waals surface area contributed by atoms with E-state index in [-0.39, 0.29) is 17.8 Å². The monoisotopic (exact) mass is 508 g/mol. The lowest BCUT2D eigenvalue weighted by Gasteiger charge is -2.32. The first-order chi connectivity index (χ1) is 17.8. The molecule has 1 amide bonds. The number of rotatable bonds is 4. The van der Waals surface area contributed by atoms with Crippen LogP contribution in [0.25, 0.3) is 0 Å². The molecule has 0 saturated heterocycles. The highest BCUT2D eigenvalue weighted by atomic mass is 19.1. The number of nitrogens with zero attached hydrogens (tertiary/aromatic N) is 4. The molecule has 3 heterocycles. The van der Waals surface area contributed by atoms with Gasteiger partial charge >= 0.3 is 0 Å². The van der Waals surface area contributed by atoms with Gasteiger partial charge in [0.25, 0.3) is 0 Å². The number of anilines is 1. The third-order valence-electron chi connectivity index (χ3n) is 5.27. The summed E-state index contributed by atoms with van der Waals surface area (Å²) in [5.74, 6) is 4.52. The van der Waals surface area contributed by atoms with Crippen LogP contribution >= 0.6 is 0 Å². The summed E-state index contributed by atoms with van der Waals surface area (Å²) >= 11 is 0. The Balaban J connectivity index is 0.000000282. The molecule has 1 atom stereocenters. The van der Waals surface area contributed by atoms with E-state index in [0.29, 0.717) is 29.8 Å². The van der Waals surface area contributed by atoms with Gasteiger partial charge in [-0.3, -0.25) is 24.8 Å². The summed E-state index contributed by atoms with van der Waals surface area (Å²) in [6.45, 7) is 6.00. The van der Waals surface area contributed by atoms with E-state index < -0.39 is 17.2 Å². The van der Waals surface area contributed by atoms with E-state index in [1.54, 1.807) is 33.4 Å². The van der Waals surface area contributed by atoms with Crippen LogP contribution in [0.4, 0.5) is 14.5 Å². The molecule has 2 aromatic rings. The number of benzene rings is 1. The molecule has 1 aromatic heterocycles. The number of methoxy groups -OCH3 is 1. The zero-order valence-electron chi connectivity index (χ0n) is 21.3. The molecule has 8 nitrogen and oxygen atoms in total. The van der Waals surface area contributed by atoms with Gasteiger partial charge in [-0.15, -0.1) is 5.92 Å². The third kappa shape index (κ3) is 8.44. The topological polar surface area (TPSA) is 114 Å².